The Bertz CT molecular complexity index is 748. The van der Waals surface area contributed by atoms with Crippen LogP contribution >= 0.6 is 15.9 Å². The van der Waals surface area contributed by atoms with Crippen LogP contribution in [0.1, 0.15) is 102 Å². The first-order valence-electron chi connectivity index (χ1n) is 11.4. The van der Waals surface area contributed by atoms with Gasteiger partial charge in [-0.3, -0.25) is 28.8 Å². The lowest BCUT2D eigenvalue weighted by Gasteiger charge is -2.19. The van der Waals surface area contributed by atoms with Gasteiger partial charge in [-0.15, -0.1) is 0 Å². The second-order valence-corrected chi connectivity index (χ2v) is 10.7. The van der Waals surface area contributed by atoms with Crippen molar-refractivity contribution >= 4 is 51.7 Å². The summed E-state index contributed by atoms with van der Waals surface area (Å²) in [7, 11) is 0. The Morgan fingerprint density at radius 2 is 1.00 bits per heavy atom. The molecule has 38 heavy (non-hydrogen) atoms. The third-order valence-electron chi connectivity index (χ3n) is 2.87. The van der Waals surface area contributed by atoms with E-state index in [9.17, 15) is 28.8 Å². The molecule has 0 aliphatic rings. The molecule has 1 N–H and O–H groups in total. The molecular weight excluding hydrogens is 572 g/mol. The molecule has 2 atom stereocenters. The summed E-state index contributed by atoms with van der Waals surface area (Å²) in [5, 5.41) is 8.09. The van der Waals surface area contributed by atoms with Gasteiger partial charge in [0.25, 0.3) is 0 Å². The van der Waals surface area contributed by atoms with Gasteiger partial charge < -0.3 is 28.8 Å². The van der Waals surface area contributed by atoms with Crippen LogP contribution < -0.4 is 0 Å². The fraction of sp³-hybridized carbons (Fsp3) is 0.760. The van der Waals surface area contributed by atoms with Crippen LogP contribution in [0, 0.1) is 0 Å². The van der Waals surface area contributed by atoms with Crippen LogP contribution in [-0.4, -0.2) is 63.4 Å². The number of esters is 5. The maximum Gasteiger partial charge on any atom is 0.309 e. The van der Waals surface area contributed by atoms with Crippen molar-refractivity contribution in [2.24, 2.45) is 0 Å². The van der Waals surface area contributed by atoms with E-state index < -0.39 is 47.3 Å². The second kappa shape index (κ2) is 21.3. The van der Waals surface area contributed by atoms with Crippen molar-refractivity contribution in [2.45, 2.75) is 125 Å². The van der Waals surface area contributed by atoms with Gasteiger partial charge >= 0.3 is 35.8 Å². The van der Waals surface area contributed by atoms with E-state index >= 15 is 0 Å². The largest absolute Gasteiger partial charge is 0.481 e. The highest BCUT2D eigenvalue weighted by Crippen LogP contribution is 2.10. The fourth-order valence-electron chi connectivity index (χ4n) is 1.93. The standard InChI is InChI=1S/C12H20O6.C8H14O4.C4H7BrO2.CH4/c1-8(13)16-9(2)17-10(14)6-7-11(15)18-12(3,4)5;1-8(2,3)12-7(11)5-4-6(9)10;1-3(5)7-4(2)6;/h9H,6-7H2,1-5H3;4-5H2,1-3H3,(H,9,10);3H,1-2H3;1H4. The summed E-state index contributed by atoms with van der Waals surface area (Å²) in [5.74, 6) is -3.34. The molecule has 0 aromatic heterocycles. The SMILES string of the molecule is C.CC(=O)OC(C)Br.CC(=O)OC(C)OC(=O)CCC(=O)OC(C)(C)C.CC(C)(C)OC(=O)CCC(=O)O. The van der Waals surface area contributed by atoms with Crippen LogP contribution in [0.15, 0.2) is 0 Å². The summed E-state index contributed by atoms with van der Waals surface area (Å²) in [4.78, 5) is 64.1. The average Bonchev–Trinajstić information content (AvgIpc) is 2.61. The number of carbonyl (C=O) groups excluding carboxylic acids is 5. The predicted molar refractivity (Wildman–Crippen MR) is 142 cm³/mol. The first-order chi connectivity index (χ1) is 16.5. The highest BCUT2D eigenvalue weighted by atomic mass is 79.9. The molecule has 0 aromatic rings. The Balaban J connectivity index is -0.000000249. The Morgan fingerprint density at radius 3 is 1.26 bits per heavy atom. The average molecular weight is 618 g/mol. The van der Waals surface area contributed by atoms with Gasteiger partial charge in [-0.05, 0) is 64.4 Å². The third-order valence-corrected chi connectivity index (χ3v) is 3.06. The summed E-state index contributed by atoms with van der Waals surface area (Å²) < 4.78 is 23.8. The Labute approximate surface area is 234 Å². The summed E-state index contributed by atoms with van der Waals surface area (Å²) in [6.07, 6.45) is -1.36. The van der Waals surface area contributed by atoms with E-state index in [2.05, 4.69) is 25.4 Å². The number of carboxylic acids is 1. The monoisotopic (exact) mass is 616 g/mol. The number of alkyl halides is 1. The summed E-state index contributed by atoms with van der Waals surface area (Å²) in [6, 6.07) is 0. The Hall–Kier alpha value is -2.70. The number of hydrogen-bond acceptors (Lipinski definition) is 11. The summed E-state index contributed by atoms with van der Waals surface area (Å²) in [5.41, 5.74) is -1.11. The van der Waals surface area contributed by atoms with Crippen molar-refractivity contribution in [3.63, 3.8) is 0 Å². The topological polar surface area (TPSA) is 169 Å². The lowest BCUT2D eigenvalue weighted by molar-refractivity contribution is -0.184. The molecule has 13 heteroatoms. The minimum Gasteiger partial charge on any atom is -0.481 e. The first kappa shape index (κ1) is 42.4. The minimum atomic E-state index is -0.985. The van der Waals surface area contributed by atoms with Crippen LogP contribution in [0.25, 0.3) is 0 Å². The van der Waals surface area contributed by atoms with Gasteiger partial charge in [0.1, 0.15) is 11.2 Å². The molecule has 0 saturated heterocycles. The van der Waals surface area contributed by atoms with Crippen molar-refractivity contribution in [3.8, 4) is 0 Å². The number of hydrogen-bond donors (Lipinski definition) is 1. The molecule has 0 saturated carbocycles. The van der Waals surface area contributed by atoms with E-state index in [1.807, 2.05) is 0 Å². The molecule has 2 unspecified atom stereocenters. The molecule has 0 aliphatic carbocycles. The molecule has 0 amide bonds. The van der Waals surface area contributed by atoms with Gasteiger partial charge in [-0.1, -0.05) is 7.43 Å². The molecule has 0 heterocycles. The van der Waals surface area contributed by atoms with Crippen molar-refractivity contribution in [1.82, 2.24) is 0 Å². The van der Waals surface area contributed by atoms with Crippen molar-refractivity contribution in [3.05, 3.63) is 0 Å². The van der Waals surface area contributed by atoms with Gasteiger partial charge in [0.05, 0.1) is 25.7 Å². The molecule has 12 nitrogen and oxygen atoms in total. The minimum absolute atomic E-state index is 0. The molecular formula is C25H45BrO12. The normalized spacial score (nSPS) is 11.8. The maximum atomic E-state index is 11.3. The first-order valence-corrected chi connectivity index (χ1v) is 12.3. The van der Waals surface area contributed by atoms with Crippen LogP contribution in [0.2, 0.25) is 0 Å². The molecule has 224 valence electrons. The van der Waals surface area contributed by atoms with Crippen LogP contribution in [-0.2, 0) is 52.5 Å². The zero-order chi connectivity index (χ0) is 30.0. The van der Waals surface area contributed by atoms with Crippen LogP contribution in [0.4, 0.5) is 0 Å². The van der Waals surface area contributed by atoms with Gasteiger partial charge in [0, 0.05) is 20.8 Å². The van der Waals surface area contributed by atoms with Crippen molar-refractivity contribution in [1.29, 1.82) is 0 Å². The van der Waals surface area contributed by atoms with Crippen molar-refractivity contribution in [2.75, 3.05) is 0 Å². The Morgan fingerprint density at radius 1 is 0.658 bits per heavy atom. The van der Waals surface area contributed by atoms with E-state index in [1.165, 1.54) is 20.8 Å². The third kappa shape index (κ3) is 40.5. The quantitative estimate of drug-likeness (QED) is 0.164. The maximum absolute atomic E-state index is 11.3. The lowest BCUT2D eigenvalue weighted by Crippen LogP contribution is -2.25. The van der Waals surface area contributed by atoms with Crippen molar-refractivity contribution < 1.29 is 57.6 Å². The van der Waals surface area contributed by atoms with E-state index in [1.54, 1.807) is 48.5 Å². The molecule has 0 rings (SSSR count). The smallest absolute Gasteiger partial charge is 0.309 e. The number of carbonyl (C=O) groups is 6. The number of ether oxygens (including phenoxy) is 5. The second-order valence-electron chi connectivity index (χ2n) is 9.39. The summed E-state index contributed by atoms with van der Waals surface area (Å²) >= 11 is 3.03. The van der Waals surface area contributed by atoms with Crippen LogP contribution in [0.5, 0.6) is 0 Å². The van der Waals surface area contributed by atoms with Gasteiger partial charge in [-0.25, -0.2) is 0 Å². The highest BCUT2D eigenvalue weighted by molar-refractivity contribution is 9.09. The molecule has 0 radical (unpaired) electrons. The van der Waals surface area contributed by atoms with Gasteiger partial charge in [0.2, 0.25) is 6.29 Å². The molecule has 0 bridgehead atoms. The number of carboxylic acid groups (broad SMARTS) is 1. The highest BCUT2D eigenvalue weighted by Gasteiger charge is 2.19. The number of rotatable bonds is 9. The van der Waals surface area contributed by atoms with E-state index in [0.29, 0.717) is 0 Å². The number of aliphatic carboxylic acids is 1. The summed E-state index contributed by atoms with van der Waals surface area (Å²) in [6.45, 7) is 16.2. The lowest BCUT2D eigenvalue weighted by atomic mass is 10.2. The molecule has 0 spiro atoms. The predicted octanol–water partition coefficient (Wildman–Crippen LogP) is 4.68. The van der Waals surface area contributed by atoms with Gasteiger partial charge in [0.15, 0.2) is 5.01 Å². The van der Waals surface area contributed by atoms with Gasteiger partial charge in [-0.2, -0.15) is 0 Å². The molecule has 0 aliphatic heterocycles. The Kier molecular flexibility index (Phi) is 23.7. The van der Waals surface area contributed by atoms with Crippen LogP contribution in [0.3, 0.4) is 0 Å². The van der Waals surface area contributed by atoms with E-state index in [0.717, 1.165) is 0 Å². The zero-order valence-electron chi connectivity index (χ0n) is 23.3. The molecule has 0 fully saturated rings. The van der Waals surface area contributed by atoms with E-state index in [4.69, 9.17) is 19.3 Å². The number of halogens is 1. The zero-order valence-corrected chi connectivity index (χ0v) is 24.9. The fourth-order valence-corrected chi connectivity index (χ4v) is 2.19. The van der Waals surface area contributed by atoms with E-state index in [-0.39, 0.29) is 44.1 Å². The molecule has 0 aromatic carbocycles.